The molecular formula is C20H28N6O. The summed E-state index contributed by atoms with van der Waals surface area (Å²) < 4.78 is 0. The van der Waals surface area contributed by atoms with Crippen molar-refractivity contribution in [2.24, 2.45) is 10.7 Å². The highest BCUT2D eigenvalue weighted by molar-refractivity contribution is 5.93. The van der Waals surface area contributed by atoms with Gasteiger partial charge in [-0.3, -0.25) is 14.8 Å². The summed E-state index contributed by atoms with van der Waals surface area (Å²) in [5.41, 5.74) is 8.78. The van der Waals surface area contributed by atoms with Gasteiger partial charge in [0.25, 0.3) is 0 Å². The average molecular weight is 368 g/mol. The fourth-order valence-corrected chi connectivity index (χ4v) is 4.54. The molecule has 4 rings (SSSR count). The van der Waals surface area contributed by atoms with Crippen molar-refractivity contribution in [2.75, 3.05) is 7.05 Å². The van der Waals surface area contributed by atoms with E-state index in [4.69, 9.17) is 10.7 Å². The molecule has 1 unspecified atom stereocenters. The van der Waals surface area contributed by atoms with E-state index in [1.54, 1.807) is 17.3 Å². The van der Waals surface area contributed by atoms with Crippen molar-refractivity contribution in [3.8, 4) is 0 Å². The Morgan fingerprint density at radius 3 is 2.81 bits per heavy atom. The van der Waals surface area contributed by atoms with Crippen molar-refractivity contribution in [2.45, 2.75) is 63.8 Å². The third kappa shape index (κ3) is 3.00. The van der Waals surface area contributed by atoms with E-state index in [9.17, 15) is 4.79 Å². The summed E-state index contributed by atoms with van der Waals surface area (Å²) in [6.45, 7) is 2.51. The second-order valence-electron chi connectivity index (χ2n) is 7.50. The summed E-state index contributed by atoms with van der Waals surface area (Å²) in [5.74, 6) is 1.18. The Bertz CT molecular complexity index is 782. The fraction of sp³-hybridized carbons (Fsp3) is 0.550. The molecule has 144 valence electrons. The maximum Gasteiger partial charge on any atom is 0.249 e. The van der Waals surface area contributed by atoms with Gasteiger partial charge < -0.3 is 20.9 Å². The number of likely N-dealkylation sites (N-methyl/N-ethyl adjacent to an activating group) is 1. The van der Waals surface area contributed by atoms with Crippen LogP contribution in [0.25, 0.3) is 0 Å². The highest BCUT2D eigenvalue weighted by atomic mass is 16.2. The van der Waals surface area contributed by atoms with Crippen LogP contribution in [0.4, 0.5) is 0 Å². The Balaban J connectivity index is 1.73. The molecule has 0 aromatic carbocycles. The van der Waals surface area contributed by atoms with Gasteiger partial charge in [-0.05, 0) is 30.9 Å². The molecule has 1 aromatic heterocycles. The number of aromatic nitrogens is 1. The number of hydrogen-bond donors (Lipinski definition) is 2. The maximum absolute atomic E-state index is 13.0. The molecule has 1 aliphatic carbocycles. The highest BCUT2D eigenvalue weighted by Crippen LogP contribution is 2.36. The van der Waals surface area contributed by atoms with Crippen molar-refractivity contribution in [1.29, 1.82) is 0 Å². The van der Waals surface area contributed by atoms with E-state index in [1.165, 1.54) is 12.8 Å². The van der Waals surface area contributed by atoms with Crippen molar-refractivity contribution in [1.82, 2.24) is 20.1 Å². The van der Waals surface area contributed by atoms with Gasteiger partial charge in [0, 0.05) is 37.6 Å². The Morgan fingerprint density at radius 2 is 2.11 bits per heavy atom. The Labute approximate surface area is 160 Å². The molecular weight excluding hydrogens is 340 g/mol. The molecule has 0 spiro atoms. The van der Waals surface area contributed by atoms with Crippen LogP contribution in [0.15, 0.2) is 35.0 Å². The second-order valence-corrected chi connectivity index (χ2v) is 7.50. The van der Waals surface area contributed by atoms with Gasteiger partial charge in [0.1, 0.15) is 23.7 Å². The van der Waals surface area contributed by atoms with Gasteiger partial charge in [-0.2, -0.15) is 0 Å². The standard InChI is InChI=1S/C20H28N6O/c1-3-16-20(27)25(2)17-12-23-18(15-8-9-22-11-13(15)10-21)24-19(17)26(16)14-6-4-5-7-14/h8-9,11-12,14,16,18,24H,3-7,10,21H2,1-2H3/t16?,18-/m0/s1. The van der Waals surface area contributed by atoms with E-state index in [1.807, 2.05) is 19.3 Å². The summed E-state index contributed by atoms with van der Waals surface area (Å²) >= 11 is 0. The zero-order valence-electron chi connectivity index (χ0n) is 16.1. The molecule has 0 saturated heterocycles. The number of amides is 1. The molecule has 2 atom stereocenters. The molecule has 27 heavy (non-hydrogen) atoms. The minimum Gasteiger partial charge on any atom is -0.345 e. The van der Waals surface area contributed by atoms with Gasteiger partial charge in [0.05, 0.1) is 6.21 Å². The third-order valence-electron chi connectivity index (χ3n) is 5.99. The second kappa shape index (κ2) is 7.31. The van der Waals surface area contributed by atoms with Crippen LogP contribution in [-0.2, 0) is 11.3 Å². The van der Waals surface area contributed by atoms with E-state index < -0.39 is 0 Å². The number of nitrogens with two attached hydrogens (primary N) is 1. The topological polar surface area (TPSA) is 86.8 Å². The molecule has 3 aliphatic rings. The van der Waals surface area contributed by atoms with E-state index in [-0.39, 0.29) is 18.1 Å². The summed E-state index contributed by atoms with van der Waals surface area (Å²) in [4.78, 5) is 25.9. The number of nitrogens with zero attached hydrogens (tertiary/aromatic N) is 4. The van der Waals surface area contributed by atoms with Crippen LogP contribution in [0, 0.1) is 0 Å². The zero-order chi connectivity index (χ0) is 19.0. The molecule has 1 aromatic rings. The quantitative estimate of drug-likeness (QED) is 0.847. The van der Waals surface area contributed by atoms with E-state index in [0.29, 0.717) is 12.6 Å². The van der Waals surface area contributed by atoms with Crippen molar-refractivity contribution in [3.05, 3.63) is 41.1 Å². The molecule has 7 nitrogen and oxygen atoms in total. The first kappa shape index (κ1) is 18.0. The van der Waals surface area contributed by atoms with Crippen LogP contribution < -0.4 is 11.1 Å². The number of carbonyl (C=O) groups excluding carboxylic acids is 1. The fourth-order valence-electron chi connectivity index (χ4n) is 4.54. The Morgan fingerprint density at radius 1 is 1.33 bits per heavy atom. The van der Waals surface area contributed by atoms with Gasteiger partial charge in [0.2, 0.25) is 5.91 Å². The predicted molar refractivity (Wildman–Crippen MR) is 104 cm³/mol. The van der Waals surface area contributed by atoms with Crippen LogP contribution in [-0.4, -0.2) is 46.0 Å². The van der Waals surface area contributed by atoms with Gasteiger partial charge in [-0.1, -0.05) is 19.8 Å². The van der Waals surface area contributed by atoms with Gasteiger partial charge in [0.15, 0.2) is 0 Å². The molecule has 1 fully saturated rings. The van der Waals surface area contributed by atoms with Crippen molar-refractivity contribution >= 4 is 12.1 Å². The number of nitrogens with one attached hydrogen (secondary N) is 1. The van der Waals surface area contributed by atoms with Crippen molar-refractivity contribution in [3.63, 3.8) is 0 Å². The number of rotatable bonds is 4. The molecule has 0 bridgehead atoms. The third-order valence-corrected chi connectivity index (χ3v) is 5.99. The summed E-state index contributed by atoms with van der Waals surface area (Å²) in [6.07, 6.45) is 10.7. The van der Waals surface area contributed by atoms with E-state index in [0.717, 1.165) is 41.9 Å². The lowest BCUT2D eigenvalue weighted by Crippen LogP contribution is -2.58. The maximum atomic E-state index is 13.0. The smallest absolute Gasteiger partial charge is 0.249 e. The van der Waals surface area contributed by atoms with Crippen LogP contribution >= 0.6 is 0 Å². The molecule has 3 N–H and O–H groups in total. The SMILES string of the molecule is CCC1C(=O)N(C)C2=C(N[C@@H](c3ccncc3CN)N=C2)N1C1CCCC1. The van der Waals surface area contributed by atoms with Crippen molar-refractivity contribution < 1.29 is 4.79 Å². The van der Waals surface area contributed by atoms with Crippen LogP contribution in [0.5, 0.6) is 0 Å². The lowest BCUT2D eigenvalue weighted by molar-refractivity contribution is -0.136. The molecule has 1 saturated carbocycles. The summed E-state index contributed by atoms with van der Waals surface area (Å²) in [7, 11) is 1.85. The lowest BCUT2D eigenvalue weighted by atomic mass is 10.0. The van der Waals surface area contributed by atoms with Crippen LogP contribution in [0.2, 0.25) is 0 Å². The first-order valence-electron chi connectivity index (χ1n) is 9.88. The number of hydrogen-bond acceptors (Lipinski definition) is 6. The Hall–Kier alpha value is -2.41. The molecule has 7 heteroatoms. The zero-order valence-corrected chi connectivity index (χ0v) is 16.1. The number of carbonyl (C=O) groups is 1. The summed E-state index contributed by atoms with van der Waals surface area (Å²) in [6, 6.07) is 2.25. The highest BCUT2D eigenvalue weighted by Gasteiger charge is 2.42. The predicted octanol–water partition coefficient (Wildman–Crippen LogP) is 1.88. The van der Waals surface area contributed by atoms with Gasteiger partial charge in [-0.25, -0.2) is 0 Å². The molecule has 1 amide bonds. The number of aliphatic imine (C=N–C) groups is 1. The van der Waals surface area contributed by atoms with Gasteiger partial charge >= 0.3 is 0 Å². The average Bonchev–Trinajstić information content (AvgIpc) is 3.24. The molecule has 0 radical (unpaired) electrons. The first-order chi connectivity index (χ1) is 13.2. The lowest BCUT2D eigenvalue weighted by Gasteiger charge is -2.47. The largest absolute Gasteiger partial charge is 0.345 e. The molecule has 2 aliphatic heterocycles. The van der Waals surface area contributed by atoms with Crippen LogP contribution in [0.3, 0.4) is 0 Å². The first-order valence-corrected chi connectivity index (χ1v) is 9.88. The van der Waals surface area contributed by atoms with E-state index >= 15 is 0 Å². The minimum atomic E-state index is -0.215. The van der Waals surface area contributed by atoms with E-state index in [2.05, 4.69) is 22.1 Å². The number of pyridine rings is 1. The monoisotopic (exact) mass is 368 g/mol. The van der Waals surface area contributed by atoms with Crippen LogP contribution in [0.1, 0.15) is 56.3 Å². The minimum absolute atomic E-state index is 0.122. The van der Waals surface area contributed by atoms with Gasteiger partial charge in [-0.15, -0.1) is 0 Å². The Kier molecular flexibility index (Phi) is 4.86. The normalized spacial score (nSPS) is 25.8. The molecule has 3 heterocycles. The summed E-state index contributed by atoms with van der Waals surface area (Å²) in [5, 5.41) is 3.62. The number of allylic oxidation sites excluding steroid dienone is 1.